The number of likely N-dealkylation sites (tertiary alicyclic amines) is 1. The van der Waals surface area contributed by atoms with Crippen LogP contribution in [0.2, 0.25) is 0 Å². The molecular formula is C21H29N3O5. The maximum Gasteiger partial charge on any atom is 0.251 e. The van der Waals surface area contributed by atoms with Crippen molar-refractivity contribution in [3.05, 3.63) is 35.9 Å². The first-order valence-electron chi connectivity index (χ1n) is 9.95. The van der Waals surface area contributed by atoms with Gasteiger partial charge >= 0.3 is 0 Å². The van der Waals surface area contributed by atoms with E-state index in [2.05, 4.69) is 10.6 Å². The van der Waals surface area contributed by atoms with Crippen molar-refractivity contribution in [3.63, 3.8) is 0 Å². The molecular weight excluding hydrogens is 374 g/mol. The fraction of sp³-hybridized carbons (Fsp3) is 0.571. The highest BCUT2D eigenvalue weighted by Gasteiger charge is 2.49. The third-order valence-corrected chi connectivity index (χ3v) is 5.83. The van der Waals surface area contributed by atoms with Gasteiger partial charge in [0.25, 0.3) is 5.91 Å². The van der Waals surface area contributed by atoms with Crippen LogP contribution in [-0.4, -0.2) is 71.2 Å². The molecule has 0 unspecified atom stereocenters. The summed E-state index contributed by atoms with van der Waals surface area (Å²) < 4.78 is 6.06. The predicted molar refractivity (Wildman–Crippen MR) is 106 cm³/mol. The normalized spacial score (nSPS) is 26.0. The topological polar surface area (TPSA) is 108 Å². The van der Waals surface area contributed by atoms with Gasteiger partial charge in [0, 0.05) is 32.0 Å². The Hall–Kier alpha value is -2.45. The van der Waals surface area contributed by atoms with Gasteiger partial charge in [-0.1, -0.05) is 18.2 Å². The molecule has 8 heteroatoms. The van der Waals surface area contributed by atoms with E-state index in [1.54, 1.807) is 36.1 Å². The second-order valence-corrected chi connectivity index (χ2v) is 8.21. The van der Waals surface area contributed by atoms with E-state index in [9.17, 15) is 19.5 Å². The Morgan fingerprint density at radius 1 is 1.21 bits per heavy atom. The number of ether oxygens (including phenoxy) is 1. The Labute approximate surface area is 170 Å². The van der Waals surface area contributed by atoms with E-state index < -0.39 is 17.2 Å². The number of carbonyl (C=O) groups is 3. The van der Waals surface area contributed by atoms with Crippen LogP contribution in [0.15, 0.2) is 30.3 Å². The first kappa shape index (κ1) is 21.3. The van der Waals surface area contributed by atoms with Gasteiger partial charge in [-0.2, -0.15) is 0 Å². The average Bonchev–Trinajstić information content (AvgIpc) is 2.69. The minimum Gasteiger partial charge on any atom is -0.388 e. The predicted octanol–water partition coefficient (Wildman–Crippen LogP) is 0.454. The van der Waals surface area contributed by atoms with Crippen LogP contribution in [0.25, 0.3) is 0 Å². The Bertz CT molecular complexity index is 757. The summed E-state index contributed by atoms with van der Waals surface area (Å²) in [6, 6.07) is 8.33. The molecule has 3 rings (SSSR count). The molecule has 29 heavy (non-hydrogen) atoms. The number of nitrogens with zero attached hydrogens (tertiary/aromatic N) is 1. The van der Waals surface area contributed by atoms with E-state index in [1.165, 1.54) is 6.92 Å². The zero-order valence-corrected chi connectivity index (χ0v) is 16.9. The van der Waals surface area contributed by atoms with Crippen molar-refractivity contribution in [2.24, 2.45) is 0 Å². The Morgan fingerprint density at radius 3 is 2.45 bits per heavy atom. The van der Waals surface area contributed by atoms with E-state index in [-0.39, 0.29) is 30.9 Å². The second kappa shape index (κ2) is 8.51. The number of hydrogen-bond donors (Lipinski definition) is 3. The second-order valence-electron chi connectivity index (χ2n) is 8.21. The molecule has 1 spiro atoms. The molecule has 0 aliphatic carbocycles. The fourth-order valence-corrected chi connectivity index (χ4v) is 4.15. The SMILES string of the molecule is CC(=O)N[C@H]1COC2(CCN(C(=O)CNC(=O)c3ccccc3)CC2)C[C@]1(C)O. The van der Waals surface area contributed by atoms with Crippen molar-refractivity contribution in [3.8, 4) is 0 Å². The minimum absolute atomic E-state index is 0.0517. The smallest absolute Gasteiger partial charge is 0.251 e. The van der Waals surface area contributed by atoms with Gasteiger partial charge in [0.2, 0.25) is 11.8 Å². The molecule has 3 N–H and O–H groups in total. The fourth-order valence-electron chi connectivity index (χ4n) is 4.15. The summed E-state index contributed by atoms with van der Waals surface area (Å²) in [6.07, 6.45) is 1.61. The first-order valence-corrected chi connectivity index (χ1v) is 9.95. The molecule has 3 amide bonds. The largest absolute Gasteiger partial charge is 0.388 e. The van der Waals surface area contributed by atoms with Gasteiger partial charge in [-0.15, -0.1) is 0 Å². The molecule has 0 radical (unpaired) electrons. The number of piperidine rings is 1. The zero-order valence-electron chi connectivity index (χ0n) is 16.9. The number of carbonyl (C=O) groups excluding carboxylic acids is 3. The molecule has 0 aromatic heterocycles. The summed E-state index contributed by atoms with van der Waals surface area (Å²) in [5, 5.41) is 16.2. The van der Waals surface area contributed by atoms with Crippen LogP contribution in [0.4, 0.5) is 0 Å². The third kappa shape index (κ3) is 5.13. The molecule has 2 saturated heterocycles. The molecule has 0 bridgehead atoms. The summed E-state index contributed by atoms with van der Waals surface area (Å²) in [5.74, 6) is -0.612. The monoisotopic (exact) mass is 403 g/mol. The molecule has 2 atom stereocenters. The number of amides is 3. The van der Waals surface area contributed by atoms with E-state index in [4.69, 9.17) is 4.74 Å². The molecule has 158 valence electrons. The van der Waals surface area contributed by atoms with Crippen LogP contribution in [0.1, 0.15) is 43.5 Å². The number of aliphatic hydroxyl groups is 1. The number of benzene rings is 1. The summed E-state index contributed by atoms with van der Waals surface area (Å²) >= 11 is 0. The maximum absolute atomic E-state index is 12.5. The average molecular weight is 403 g/mol. The van der Waals surface area contributed by atoms with E-state index >= 15 is 0 Å². The highest BCUT2D eigenvalue weighted by Crippen LogP contribution is 2.39. The Kier molecular flexibility index (Phi) is 6.24. The standard InChI is InChI=1S/C21H29N3O5/c1-15(25)23-17-13-29-21(14-20(17,2)28)8-10-24(11-9-21)18(26)12-22-19(27)16-6-4-3-5-7-16/h3-7,17,28H,8-14H2,1-2H3,(H,22,27)(H,23,25)/t17-,20-/m0/s1. The maximum atomic E-state index is 12.5. The van der Waals surface area contributed by atoms with Gasteiger partial charge < -0.3 is 25.4 Å². The van der Waals surface area contributed by atoms with Crippen LogP contribution in [0.3, 0.4) is 0 Å². The molecule has 2 fully saturated rings. The highest BCUT2D eigenvalue weighted by atomic mass is 16.5. The van der Waals surface area contributed by atoms with Crippen LogP contribution in [-0.2, 0) is 14.3 Å². The lowest BCUT2D eigenvalue weighted by Gasteiger charge is -2.51. The summed E-state index contributed by atoms with van der Waals surface area (Å²) in [7, 11) is 0. The van der Waals surface area contributed by atoms with E-state index in [0.717, 1.165) is 0 Å². The summed E-state index contributed by atoms with van der Waals surface area (Å²) in [6.45, 7) is 4.33. The van der Waals surface area contributed by atoms with Gasteiger partial charge in [-0.3, -0.25) is 14.4 Å². The van der Waals surface area contributed by atoms with E-state index in [0.29, 0.717) is 37.9 Å². The van der Waals surface area contributed by atoms with Crippen molar-refractivity contribution in [2.45, 2.75) is 50.4 Å². The van der Waals surface area contributed by atoms with Gasteiger partial charge in [0.1, 0.15) is 0 Å². The van der Waals surface area contributed by atoms with Crippen molar-refractivity contribution >= 4 is 17.7 Å². The van der Waals surface area contributed by atoms with Gasteiger partial charge in [-0.05, 0) is 31.9 Å². The molecule has 1 aromatic rings. The zero-order chi connectivity index (χ0) is 21.1. The minimum atomic E-state index is -1.07. The lowest BCUT2D eigenvalue weighted by atomic mass is 9.75. The molecule has 2 aliphatic heterocycles. The number of rotatable bonds is 4. The highest BCUT2D eigenvalue weighted by molar-refractivity contribution is 5.96. The summed E-state index contributed by atoms with van der Waals surface area (Å²) in [5.41, 5.74) is -1.05. The van der Waals surface area contributed by atoms with Crippen LogP contribution < -0.4 is 10.6 Å². The van der Waals surface area contributed by atoms with Crippen molar-refractivity contribution in [2.75, 3.05) is 26.2 Å². The van der Waals surface area contributed by atoms with Gasteiger partial charge in [-0.25, -0.2) is 0 Å². The summed E-state index contributed by atoms with van der Waals surface area (Å²) in [4.78, 5) is 37.6. The molecule has 2 aliphatic rings. The Balaban J connectivity index is 1.49. The van der Waals surface area contributed by atoms with Crippen LogP contribution >= 0.6 is 0 Å². The van der Waals surface area contributed by atoms with Gasteiger partial charge in [0.05, 0.1) is 30.4 Å². The van der Waals surface area contributed by atoms with Crippen molar-refractivity contribution in [1.82, 2.24) is 15.5 Å². The molecule has 1 aromatic carbocycles. The third-order valence-electron chi connectivity index (χ3n) is 5.83. The van der Waals surface area contributed by atoms with Crippen LogP contribution in [0, 0.1) is 0 Å². The van der Waals surface area contributed by atoms with E-state index in [1.807, 2.05) is 6.07 Å². The first-order chi connectivity index (χ1) is 13.7. The van der Waals surface area contributed by atoms with Gasteiger partial charge in [0.15, 0.2) is 0 Å². The lowest BCUT2D eigenvalue weighted by molar-refractivity contribution is -0.190. The molecule has 0 saturated carbocycles. The Morgan fingerprint density at radius 2 is 1.86 bits per heavy atom. The van der Waals surface area contributed by atoms with Crippen molar-refractivity contribution < 1.29 is 24.2 Å². The lowest BCUT2D eigenvalue weighted by Crippen LogP contribution is -2.64. The molecule has 2 heterocycles. The number of nitrogens with one attached hydrogen (secondary N) is 2. The van der Waals surface area contributed by atoms with Crippen molar-refractivity contribution in [1.29, 1.82) is 0 Å². The number of hydrogen-bond acceptors (Lipinski definition) is 5. The quantitative estimate of drug-likeness (QED) is 0.677. The molecule has 8 nitrogen and oxygen atoms in total. The van der Waals surface area contributed by atoms with Crippen LogP contribution in [0.5, 0.6) is 0 Å².